The van der Waals surface area contributed by atoms with Crippen LogP contribution in [0.1, 0.15) is 5.56 Å². The average Bonchev–Trinajstić information content (AvgIpc) is 2.36. The summed E-state index contributed by atoms with van der Waals surface area (Å²) in [5.74, 6) is 4.93. The molecule has 0 aliphatic rings. The van der Waals surface area contributed by atoms with Crippen LogP contribution in [0.2, 0.25) is 0 Å². The smallest absolute Gasteiger partial charge is 0.333 e. The first kappa shape index (κ1) is 12.5. The fourth-order valence-corrected chi connectivity index (χ4v) is 1.14. The van der Waals surface area contributed by atoms with Crippen molar-refractivity contribution in [3.63, 3.8) is 0 Å². The van der Waals surface area contributed by atoms with Crippen LogP contribution < -0.4 is 21.9 Å². The lowest BCUT2D eigenvalue weighted by Gasteiger charge is -2.07. The molecule has 0 aromatic heterocycles. The second-order valence-electron chi connectivity index (χ2n) is 3.00. The molecule has 0 spiro atoms. The van der Waals surface area contributed by atoms with Gasteiger partial charge in [-0.3, -0.25) is 10.4 Å². The molecule has 0 aliphatic carbocycles. The van der Waals surface area contributed by atoms with Gasteiger partial charge in [-0.05, 0) is 18.2 Å². The highest BCUT2D eigenvalue weighted by Crippen LogP contribution is 2.19. The van der Waals surface area contributed by atoms with Crippen LogP contribution in [0.15, 0.2) is 23.2 Å². The van der Waals surface area contributed by atoms with E-state index in [0.29, 0.717) is 16.9 Å². The summed E-state index contributed by atoms with van der Waals surface area (Å²) in [5.41, 5.74) is 3.40. The van der Waals surface area contributed by atoms with Crippen molar-refractivity contribution < 1.29 is 4.79 Å². The number of benzene rings is 1. The first-order valence-corrected chi connectivity index (χ1v) is 4.70. The number of amides is 2. The van der Waals surface area contributed by atoms with Gasteiger partial charge in [-0.2, -0.15) is 5.26 Å². The van der Waals surface area contributed by atoms with Crippen LogP contribution in [-0.2, 0) is 0 Å². The standard InChI is InChI=1S/C10H12N6O/c1-13-6-14-9-3-2-8(4-7(9)5-11)15-10(17)16-12/h2-4,6H,12H2,1H3,(H,13,14)(H2,15,16,17). The highest BCUT2D eigenvalue weighted by Gasteiger charge is 2.04. The van der Waals surface area contributed by atoms with Gasteiger partial charge in [0, 0.05) is 12.7 Å². The molecule has 7 heteroatoms. The van der Waals surface area contributed by atoms with E-state index in [4.69, 9.17) is 11.1 Å². The van der Waals surface area contributed by atoms with Gasteiger partial charge >= 0.3 is 6.03 Å². The summed E-state index contributed by atoms with van der Waals surface area (Å²) in [4.78, 5) is 14.7. The predicted octanol–water partition coefficient (Wildman–Crippen LogP) is 0.623. The van der Waals surface area contributed by atoms with Gasteiger partial charge in [-0.15, -0.1) is 0 Å². The number of carbonyl (C=O) groups excluding carboxylic acids is 1. The Morgan fingerprint density at radius 1 is 1.59 bits per heavy atom. The van der Waals surface area contributed by atoms with Crippen molar-refractivity contribution in [2.75, 3.05) is 17.7 Å². The molecule has 17 heavy (non-hydrogen) atoms. The summed E-state index contributed by atoms with van der Waals surface area (Å²) in [7, 11) is 1.61. The SMILES string of the molecule is CN=CNc1ccc(NC(=O)NN)cc1C#N. The van der Waals surface area contributed by atoms with Gasteiger partial charge in [-0.25, -0.2) is 10.6 Å². The van der Waals surface area contributed by atoms with Gasteiger partial charge < -0.3 is 10.6 Å². The van der Waals surface area contributed by atoms with E-state index in [9.17, 15) is 4.79 Å². The topological polar surface area (TPSA) is 115 Å². The van der Waals surface area contributed by atoms with Gasteiger partial charge in [0.15, 0.2) is 0 Å². The summed E-state index contributed by atoms with van der Waals surface area (Å²) in [6, 6.07) is 6.29. The Labute approximate surface area is 98.3 Å². The van der Waals surface area contributed by atoms with E-state index in [2.05, 4.69) is 15.6 Å². The lowest BCUT2D eigenvalue weighted by Crippen LogP contribution is -2.34. The van der Waals surface area contributed by atoms with E-state index in [1.54, 1.807) is 19.2 Å². The number of hydrazine groups is 1. The Hall–Kier alpha value is -2.59. The predicted molar refractivity (Wildman–Crippen MR) is 65.5 cm³/mol. The zero-order valence-corrected chi connectivity index (χ0v) is 9.19. The summed E-state index contributed by atoms with van der Waals surface area (Å²) in [5, 5.41) is 14.2. The van der Waals surface area contributed by atoms with Crippen molar-refractivity contribution in [1.82, 2.24) is 5.43 Å². The van der Waals surface area contributed by atoms with E-state index in [1.807, 2.05) is 11.5 Å². The molecule has 1 aromatic carbocycles. The number of rotatable bonds is 3. The zero-order valence-electron chi connectivity index (χ0n) is 9.19. The minimum absolute atomic E-state index is 0.389. The Morgan fingerprint density at radius 2 is 2.35 bits per heavy atom. The van der Waals surface area contributed by atoms with Crippen molar-refractivity contribution in [1.29, 1.82) is 5.26 Å². The molecule has 0 fully saturated rings. The minimum atomic E-state index is -0.551. The van der Waals surface area contributed by atoms with Crippen molar-refractivity contribution in [3.05, 3.63) is 23.8 Å². The van der Waals surface area contributed by atoms with Gasteiger partial charge in [0.25, 0.3) is 0 Å². The lowest BCUT2D eigenvalue weighted by atomic mass is 10.1. The molecule has 0 saturated carbocycles. The van der Waals surface area contributed by atoms with E-state index >= 15 is 0 Å². The Morgan fingerprint density at radius 3 is 2.94 bits per heavy atom. The van der Waals surface area contributed by atoms with E-state index in [0.717, 1.165) is 0 Å². The molecule has 0 bridgehead atoms. The molecule has 1 aromatic rings. The molecular formula is C10H12N6O. The molecule has 5 N–H and O–H groups in total. The molecule has 0 saturated heterocycles. The van der Waals surface area contributed by atoms with Crippen molar-refractivity contribution >= 4 is 23.7 Å². The first-order chi connectivity index (χ1) is 8.21. The molecule has 0 radical (unpaired) electrons. The summed E-state index contributed by atoms with van der Waals surface area (Å²) < 4.78 is 0. The third-order valence-electron chi connectivity index (χ3n) is 1.88. The molecular weight excluding hydrogens is 220 g/mol. The second kappa shape index (κ2) is 6.09. The fraction of sp³-hybridized carbons (Fsp3) is 0.100. The largest absolute Gasteiger partial charge is 0.346 e. The van der Waals surface area contributed by atoms with E-state index in [1.165, 1.54) is 12.4 Å². The Bertz CT molecular complexity index is 476. The van der Waals surface area contributed by atoms with Crippen LogP contribution in [-0.4, -0.2) is 19.4 Å². The number of urea groups is 1. The van der Waals surface area contributed by atoms with Crippen molar-refractivity contribution in [2.45, 2.75) is 0 Å². The van der Waals surface area contributed by atoms with Crippen molar-refractivity contribution in [2.24, 2.45) is 10.8 Å². The summed E-state index contributed by atoms with van der Waals surface area (Å²) in [6.07, 6.45) is 1.47. The van der Waals surface area contributed by atoms with Crippen LogP contribution in [0, 0.1) is 11.3 Å². The maximum atomic E-state index is 11.0. The molecule has 1 rings (SSSR count). The third kappa shape index (κ3) is 3.48. The van der Waals surface area contributed by atoms with E-state index in [-0.39, 0.29) is 0 Å². The Balaban J connectivity index is 2.93. The quantitative estimate of drug-likeness (QED) is 0.201. The molecule has 7 nitrogen and oxygen atoms in total. The molecule has 0 heterocycles. The lowest BCUT2D eigenvalue weighted by molar-refractivity contribution is 0.252. The van der Waals surface area contributed by atoms with Gasteiger partial charge in [0.05, 0.1) is 17.6 Å². The number of nitrogens with one attached hydrogen (secondary N) is 3. The maximum Gasteiger partial charge on any atom is 0.333 e. The molecule has 0 unspecified atom stereocenters. The zero-order chi connectivity index (χ0) is 12.7. The average molecular weight is 232 g/mol. The number of carbonyl (C=O) groups is 1. The van der Waals surface area contributed by atoms with Gasteiger partial charge in [0.1, 0.15) is 6.07 Å². The minimum Gasteiger partial charge on any atom is -0.346 e. The summed E-state index contributed by atoms with van der Waals surface area (Å²) >= 11 is 0. The first-order valence-electron chi connectivity index (χ1n) is 4.70. The highest BCUT2D eigenvalue weighted by atomic mass is 16.2. The maximum absolute atomic E-state index is 11.0. The van der Waals surface area contributed by atoms with Gasteiger partial charge in [-0.1, -0.05) is 0 Å². The number of aliphatic imine (C=N–C) groups is 1. The van der Waals surface area contributed by atoms with Crippen LogP contribution in [0.3, 0.4) is 0 Å². The normalized spacial score (nSPS) is 9.71. The monoisotopic (exact) mass is 232 g/mol. The van der Waals surface area contributed by atoms with Crippen LogP contribution in [0.4, 0.5) is 16.2 Å². The molecule has 0 aliphatic heterocycles. The number of nitrogens with two attached hydrogens (primary N) is 1. The molecule has 88 valence electrons. The Kier molecular flexibility index (Phi) is 4.47. The number of nitriles is 1. The van der Waals surface area contributed by atoms with Crippen LogP contribution in [0.25, 0.3) is 0 Å². The van der Waals surface area contributed by atoms with Crippen LogP contribution in [0.5, 0.6) is 0 Å². The van der Waals surface area contributed by atoms with Crippen LogP contribution >= 0.6 is 0 Å². The number of nitrogens with zero attached hydrogens (tertiary/aromatic N) is 2. The van der Waals surface area contributed by atoms with E-state index < -0.39 is 6.03 Å². The molecule has 0 atom stereocenters. The number of hydrogen-bond donors (Lipinski definition) is 4. The van der Waals surface area contributed by atoms with Gasteiger partial charge in [0.2, 0.25) is 0 Å². The number of hydrogen-bond acceptors (Lipinski definition) is 4. The van der Waals surface area contributed by atoms with Crippen molar-refractivity contribution in [3.8, 4) is 6.07 Å². The summed E-state index contributed by atoms with van der Waals surface area (Å²) in [6.45, 7) is 0. The fourth-order valence-electron chi connectivity index (χ4n) is 1.14. The highest BCUT2D eigenvalue weighted by molar-refractivity contribution is 5.90. The third-order valence-corrected chi connectivity index (χ3v) is 1.88. The molecule has 2 amide bonds. The number of anilines is 2. The second-order valence-corrected chi connectivity index (χ2v) is 3.00.